The molecule has 1 aliphatic heterocycles. The summed E-state index contributed by atoms with van der Waals surface area (Å²) in [7, 11) is 0. The van der Waals surface area contributed by atoms with Gasteiger partial charge in [0.15, 0.2) is 0 Å². The van der Waals surface area contributed by atoms with Gasteiger partial charge in [-0.3, -0.25) is 4.79 Å². The molecule has 2 heterocycles. The van der Waals surface area contributed by atoms with E-state index in [4.69, 9.17) is 0 Å². The van der Waals surface area contributed by atoms with Gasteiger partial charge in [0.1, 0.15) is 17.1 Å². The largest absolute Gasteiger partial charge is 0.432 e. The van der Waals surface area contributed by atoms with Crippen molar-refractivity contribution in [2.24, 2.45) is 0 Å². The molecule has 0 aromatic carbocycles. The molecule has 2 N–H and O–H groups in total. The lowest BCUT2D eigenvalue weighted by atomic mass is 9.93. The Morgan fingerprint density at radius 3 is 2.43 bits per heavy atom. The summed E-state index contributed by atoms with van der Waals surface area (Å²) in [6.45, 7) is 0.877. The van der Waals surface area contributed by atoms with Gasteiger partial charge in [-0.1, -0.05) is 0 Å². The second kappa shape index (κ2) is 5.81. The fourth-order valence-electron chi connectivity index (χ4n) is 3.51. The van der Waals surface area contributed by atoms with Crippen LogP contribution in [0.4, 0.5) is 13.2 Å². The minimum absolute atomic E-state index is 0.117. The number of likely N-dealkylation sites (tertiary alicyclic amines) is 1. The molecule has 5 nitrogen and oxygen atoms in total. The number of piperidine rings is 1. The Bertz CT molecular complexity index is 571. The molecule has 0 bridgehead atoms. The number of aliphatic hydroxyl groups is 1. The highest BCUT2D eigenvalue weighted by molar-refractivity contribution is 5.85. The van der Waals surface area contributed by atoms with Gasteiger partial charge in [0, 0.05) is 19.0 Å². The Morgan fingerprint density at radius 1 is 1.30 bits per heavy atom. The summed E-state index contributed by atoms with van der Waals surface area (Å²) in [5.41, 5.74) is -2.08. The maximum absolute atomic E-state index is 12.6. The van der Waals surface area contributed by atoms with Crippen LogP contribution in [0.3, 0.4) is 0 Å². The highest BCUT2D eigenvalue weighted by Gasteiger charge is 2.42. The molecule has 128 valence electrons. The lowest BCUT2D eigenvalue weighted by Gasteiger charge is -2.35. The summed E-state index contributed by atoms with van der Waals surface area (Å²) in [5.74, 6) is -0.0266. The molecule has 1 aliphatic carbocycles. The zero-order valence-electron chi connectivity index (χ0n) is 12.7. The van der Waals surface area contributed by atoms with Crippen molar-refractivity contribution < 1.29 is 23.1 Å². The first kappa shape index (κ1) is 16.3. The van der Waals surface area contributed by atoms with Crippen molar-refractivity contribution in [1.82, 2.24) is 14.9 Å². The van der Waals surface area contributed by atoms with Crippen molar-refractivity contribution in [3.63, 3.8) is 0 Å². The van der Waals surface area contributed by atoms with E-state index in [-0.39, 0.29) is 11.8 Å². The Kier molecular flexibility index (Phi) is 4.12. The lowest BCUT2D eigenvalue weighted by molar-refractivity contribution is -0.151. The van der Waals surface area contributed by atoms with E-state index in [1.54, 1.807) is 4.90 Å². The topological polar surface area (TPSA) is 69.2 Å². The minimum atomic E-state index is -4.42. The first-order valence-corrected chi connectivity index (χ1v) is 7.93. The van der Waals surface area contributed by atoms with Crippen LogP contribution in [-0.4, -0.2) is 44.6 Å². The molecule has 1 amide bonds. The molecule has 0 spiro atoms. The number of carbonyl (C=O) groups excluding carboxylic acids is 1. The maximum Gasteiger partial charge on any atom is 0.432 e. The number of imidazole rings is 1. The number of hydrogen-bond donors (Lipinski definition) is 2. The summed E-state index contributed by atoms with van der Waals surface area (Å²) in [4.78, 5) is 20.2. The van der Waals surface area contributed by atoms with Crippen LogP contribution in [0.2, 0.25) is 0 Å². The Hall–Kier alpha value is -1.57. The van der Waals surface area contributed by atoms with Crippen LogP contribution in [0.1, 0.15) is 56.0 Å². The molecule has 3 rings (SSSR count). The van der Waals surface area contributed by atoms with E-state index in [0.717, 1.165) is 19.0 Å². The zero-order chi connectivity index (χ0) is 16.7. The van der Waals surface area contributed by atoms with Gasteiger partial charge in [-0.25, -0.2) is 4.98 Å². The van der Waals surface area contributed by atoms with E-state index in [0.29, 0.717) is 44.6 Å². The second-order valence-corrected chi connectivity index (χ2v) is 6.49. The predicted molar refractivity (Wildman–Crippen MR) is 75.6 cm³/mol. The highest BCUT2D eigenvalue weighted by Crippen LogP contribution is 2.35. The van der Waals surface area contributed by atoms with Crippen LogP contribution in [0, 0.1) is 0 Å². The summed E-state index contributed by atoms with van der Waals surface area (Å²) in [6, 6.07) is 0. The lowest BCUT2D eigenvalue weighted by Crippen LogP contribution is -2.50. The normalized spacial score (nSPS) is 22.5. The number of rotatable bonds is 2. The predicted octanol–water partition coefficient (Wildman–Crippen LogP) is 2.44. The first-order chi connectivity index (χ1) is 10.8. The van der Waals surface area contributed by atoms with Crippen molar-refractivity contribution in [2.45, 2.75) is 56.2 Å². The van der Waals surface area contributed by atoms with Crippen molar-refractivity contribution in [3.8, 4) is 0 Å². The standard InChI is InChI=1S/C15H20F3N3O2/c16-15(17,18)11-9-19-12(20-11)10-3-7-21(8-4-10)13(22)14(23)5-1-2-6-14/h9-10,23H,1-8H2,(H,19,20). The summed E-state index contributed by atoms with van der Waals surface area (Å²) < 4.78 is 37.8. The number of nitrogens with zero attached hydrogens (tertiary/aromatic N) is 2. The van der Waals surface area contributed by atoms with Gasteiger partial charge in [0.05, 0.1) is 6.20 Å². The van der Waals surface area contributed by atoms with Gasteiger partial charge in [-0.15, -0.1) is 0 Å². The third-order valence-electron chi connectivity index (χ3n) is 4.90. The van der Waals surface area contributed by atoms with E-state index < -0.39 is 17.5 Å². The van der Waals surface area contributed by atoms with Gasteiger partial charge in [0.25, 0.3) is 5.91 Å². The number of alkyl halides is 3. The molecular weight excluding hydrogens is 311 g/mol. The van der Waals surface area contributed by atoms with Crippen molar-refractivity contribution >= 4 is 5.91 Å². The fraction of sp³-hybridized carbons (Fsp3) is 0.733. The number of carbonyl (C=O) groups is 1. The van der Waals surface area contributed by atoms with Crippen molar-refractivity contribution in [3.05, 3.63) is 17.7 Å². The Labute approximate surface area is 131 Å². The number of H-pyrrole nitrogens is 1. The van der Waals surface area contributed by atoms with Gasteiger partial charge < -0.3 is 15.0 Å². The van der Waals surface area contributed by atoms with E-state index in [1.165, 1.54) is 0 Å². The van der Waals surface area contributed by atoms with Crippen LogP contribution in [0.15, 0.2) is 6.20 Å². The second-order valence-electron chi connectivity index (χ2n) is 6.49. The van der Waals surface area contributed by atoms with Crippen LogP contribution in [0.5, 0.6) is 0 Å². The SMILES string of the molecule is O=C(N1CCC(c2ncc(C(F)(F)F)[nH]2)CC1)C1(O)CCCC1. The van der Waals surface area contributed by atoms with Crippen molar-refractivity contribution in [1.29, 1.82) is 0 Å². The summed E-state index contributed by atoms with van der Waals surface area (Å²) >= 11 is 0. The molecule has 8 heteroatoms. The van der Waals surface area contributed by atoms with Crippen molar-refractivity contribution in [2.75, 3.05) is 13.1 Å². The van der Waals surface area contributed by atoms with Crippen LogP contribution >= 0.6 is 0 Å². The van der Waals surface area contributed by atoms with Crippen LogP contribution in [-0.2, 0) is 11.0 Å². The third kappa shape index (κ3) is 3.22. The molecule has 1 saturated carbocycles. The van der Waals surface area contributed by atoms with Crippen LogP contribution in [0.25, 0.3) is 0 Å². The average Bonchev–Trinajstić information content (AvgIpc) is 3.16. The molecule has 2 aliphatic rings. The third-order valence-corrected chi connectivity index (χ3v) is 4.90. The van der Waals surface area contributed by atoms with E-state index in [2.05, 4.69) is 9.97 Å². The number of aromatic amines is 1. The zero-order valence-corrected chi connectivity index (χ0v) is 12.7. The van der Waals surface area contributed by atoms with Crippen LogP contribution < -0.4 is 0 Å². The summed E-state index contributed by atoms with van der Waals surface area (Å²) in [5, 5.41) is 10.4. The van der Waals surface area contributed by atoms with Gasteiger partial charge >= 0.3 is 6.18 Å². The van der Waals surface area contributed by atoms with E-state index in [9.17, 15) is 23.1 Å². The van der Waals surface area contributed by atoms with Gasteiger partial charge in [0.2, 0.25) is 0 Å². The van der Waals surface area contributed by atoms with Gasteiger partial charge in [-0.05, 0) is 38.5 Å². The number of hydrogen-bond acceptors (Lipinski definition) is 3. The number of nitrogens with one attached hydrogen (secondary N) is 1. The molecule has 0 radical (unpaired) electrons. The smallest absolute Gasteiger partial charge is 0.380 e. The van der Waals surface area contributed by atoms with E-state index in [1.807, 2.05) is 0 Å². The monoisotopic (exact) mass is 331 g/mol. The molecule has 0 unspecified atom stereocenters. The summed E-state index contributed by atoms with van der Waals surface area (Å²) in [6.07, 6.45) is 0.190. The number of halogens is 3. The maximum atomic E-state index is 12.6. The minimum Gasteiger partial charge on any atom is -0.380 e. The number of amides is 1. The van der Waals surface area contributed by atoms with E-state index >= 15 is 0 Å². The highest BCUT2D eigenvalue weighted by atomic mass is 19.4. The number of aromatic nitrogens is 2. The first-order valence-electron chi connectivity index (χ1n) is 7.93. The Balaban J connectivity index is 1.60. The molecular formula is C15H20F3N3O2. The molecule has 1 aromatic heterocycles. The fourth-order valence-corrected chi connectivity index (χ4v) is 3.51. The molecule has 0 atom stereocenters. The molecule has 2 fully saturated rings. The Morgan fingerprint density at radius 2 is 1.91 bits per heavy atom. The quantitative estimate of drug-likeness (QED) is 0.874. The average molecular weight is 331 g/mol. The molecule has 23 heavy (non-hydrogen) atoms. The molecule has 1 saturated heterocycles. The molecule has 1 aromatic rings. The van der Waals surface area contributed by atoms with Gasteiger partial charge in [-0.2, -0.15) is 13.2 Å².